The number of hydrogen-bond acceptors (Lipinski definition) is 1. The van der Waals surface area contributed by atoms with E-state index < -0.39 is 5.97 Å². The van der Waals surface area contributed by atoms with Crippen molar-refractivity contribution in [3.05, 3.63) is 0 Å². The third-order valence-electron chi connectivity index (χ3n) is 0.497. The van der Waals surface area contributed by atoms with Crippen LogP contribution in [0.25, 0.3) is 0 Å². The Kier molecular flexibility index (Phi) is 2.71. The van der Waals surface area contributed by atoms with Gasteiger partial charge in [-0.05, 0) is 6.42 Å². The van der Waals surface area contributed by atoms with E-state index in [-0.39, 0.29) is 0 Å². The third kappa shape index (κ3) is 5.03. The molecule has 0 amide bonds. The van der Waals surface area contributed by atoms with Crippen molar-refractivity contribution in [2.45, 2.75) is 19.7 Å². The molecule has 0 spiro atoms. The Bertz CT molecular complexity index is 143. The van der Waals surface area contributed by atoms with Gasteiger partial charge in [-0.2, -0.15) is 0 Å². The Labute approximate surface area is 49.9 Å². The SMILES string of the molecule is [2H]CCCC#CC(=O)O. The number of carboxylic acids is 1. The summed E-state index contributed by atoms with van der Waals surface area (Å²) >= 11 is 0. The van der Waals surface area contributed by atoms with Crippen molar-refractivity contribution >= 4 is 5.97 Å². The van der Waals surface area contributed by atoms with Crippen LogP contribution in [-0.4, -0.2) is 11.1 Å². The zero-order chi connectivity index (χ0) is 7.11. The molecule has 8 heavy (non-hydrogen) atoms. The van der Waals surface area contributed by atoms with E-state index in [0.717, 1.165) is 0 Å². The topological polar surface area (TPSA) is 37.3 Å². The standard InChI is InChI=1S/C6H8O2/c1-2-3-4-5-6(7)8/h2-3H2,1H3,(H,7,8)/i1D. The summed E-state index contributed by atoms with van der Waals surface area (Å²) in [4.78, 5) is 9.74. The summed E-state index contributed by atoms with van der Waals surface area (Å²) in [6.45, 7) is 0.314. The van der Waals surface area contributed by atoms with Crippen molar-refractivity contribution in [1.82, 2.24) is 0 Å². The van der Waals surface area contributed by atoms with E-state index in [9.17, 15) is 4.79 Å². The highest BCUT2D eigenvalue weighted by molar-refractivity contribution is 5.86. The second kappa shape index (κ2) is 4.20. The van der Waals surface area contributed by atoms with Gasteiger partial charge in [0.25, 0.3) is 0 Å². The first-order chi connectivity index (χ1) is 4.27. The lowest BCUT2D eigenvalue weighted by Crippen LogP contribution is -1.85. The second-order valence-corrected chi connectivity index (χ2v) is 1.21. The summed E-state index contributed by atoms with van der Waals surface area (Å²) in [6.07, 6.45) is 1.16. The van der Waals surface area contributed by atoms with E-state index in [1.54, 1.807) is 0 Å². The molecule has 0 aliphatic rings. The lowest BCUT2D eigenvalue weighted by Gasteiger charge is -1.74. The fourth-order valence-electron chi connectivity index (χ4n) is 0.227. The molecule has 0 aromatic carbocycles. The minimum Gasteiger partial charge on any atom is -0.472 e. The molecule has 2 heteroatoms. The smallest absolute Gasteiger partial charge is 0.381 e. The highest BCUT2D eigenvalue weighted by Gasteiger charge is 1.79. The molecule has 0 atom stereocenters. The Hall–Kier alpha value is -0.970. The van der Waals surface area contributed by atoms with Crippen LogP contribution >= 0.6 is 0 Å². The zero-order valence-electron chi connectivity index (χ0n) is 5.48. The van der Waals surface area contributed by atoms with Crippen LogP contribution in [0.4, 0.5) is 0 Å². The monoisotopic (exact) mass is 113 g/mol. The van der Waals surface area contributed by atoms with Crippen LogP contribution in [0.3, 0.4) is 0 Å². The number of unbranched alkanes of at least 4 members (excludes halogenated alkanes) is 1. The first kappa shape index (κ1) is 5.17. The fraction of sp³-hybridized carbons (Fsp3) is 0.500. The molecule has 0 aromatic heterocycles. The Balaban J connectivity index is 3.27. The summed E-state index contributed by atoms with van der Waals surface area (Å²) in [6, 6.07) is 0. The zero-order valence-corrected chi connectivity index (χ0v) is 4.48. The molecule has 0 aliphatic heterocycles. The van der Waals surface area contributed by atoms with E-state index in [2.05, 4.69) is 5.92 Å². The Morgan fingerprint density at radius 2 is 2.75 bits per heavy atom. The normalized spacial score (nSPS) is 8.75. The lowest BCUT2D eigenvalue weighted by molar-refractivity contribution is -0.130. The third-order valence-corrected chi connectivity index (χ3v) is 0.497. The second-order valence-electron chi connectivity index (χ2n) is 1.21. The first-order valence-electron chi connectivity index (χ1n) is 2.99. The number of hydrogen-bond donors (Lipinski definition) is 1. The van der Waals surface area contributed by atoms with E-state index in [0.29, 0.717) is 19.7 Å². The molecule has 1 N–H and O–H groups in total. The maximum absolute atomic E-state index is 9.74. The predicted molar refractivity (Wildman–Crippen MR) is 30.3 cm³/mol. The van der Waals surface area contributed by atoms with Crippen LogP contribution in [0, 0.1) is 11.8 Å². The number of rotatable bonds is 1. The van der Waals surface area contributed by atoms with Crippen LogP contribution in [0.1, 0.15) is 21.1 Å². The van der Waals surface area contributed by atoms with Gasteiger partial charge in [-0.3, -0.25) is 0 Å². The Morgan fingerprint density at radius 3 is 3.25 bits per heavy atom. The molecule has 0 bridgehead atoms. The van der Waals surface area contributed by atoms with Crippen molar-refractivity contribution in [2.75, 3.05) is 0 Å². The molecule has 0 aromatic rings. The maximum Gasteiger partial charge on any atom is 0.381 e. The Morgan fingerprint density at radius 1 is 2.00 bits per heavy atom. The summed E-state index contributed by atoms with van der Waals surface area (Å²) in [5.41, 5.74) is 0. The average molecular weight is 113 g/mol. The van der Waals surface area contributed by atoms with E-state index in [1.165, 1.54) is 0 Å². The van der Waals surface area contributed by atoms with Gasteiger partial charge in [0.1, 0.15) is 0 Å². The molecule has 0 aliphatic carbocycles. The molecular weight excluding hydrogens is 104 g/mol. The van der Waals surface area contributed by atoms with Crippen molar-refractivity contribution in [1.29, 1.82) is 0 Å². The largest absolute Gasteiger partial charge is 0.472 e. The van der Waals surface area contributed by atoms with Gasteiger partial charge in [0.05, 0.1) is 0 Å². The summed E-state index contributed by atoms with van der Waals surface area (Å²) in [5.74, 6) is 3.28. The van der Waals surface area contributed by atoms with Gasteiger partial charge in [0, 0.05) is 13.7 Å². The molecule has 0 radical (unpaired) electrons. The van der Waals surface area contributed by atoms with E-state index in [1.807, 2.05) is 5.92 Å². The first-order valence-corrected chi connectivity index (χ1v) is 2.28. The highest BCUT2D eigenvalue weighted by Crippen LogP contribution is 1.79. The van der Waals surface area contributed by atoms with Gasteiger partial charge in [0.2, 0.25) is 0 Å². The number of carboxylic acid groups (broad SMARTS) is 1. The minimum atomic E-state index is -1.10. The van der Waals surface area contributed by atoms with Gasteiger partial charge >= 0.3 is 5.97 Å². The van der Waals surface area contributed by atoms with Gasteiger partial charge in [0.15, 0.2) is 0 Å². The van der Waals surface area contributed by atoms with Crippen molar-refractivity contribution in [3.8, 4) is 11.8 Å². The number of carbonyl (C=O) groups is 1. The maximum atomic E-state index is 9.74. The van der Waals surface area contributed by atoms with Crippen LogP contribution < -0.4 is 0 Å². The van der Waals surface area contributed by atoms with Crippen molar-refractivity contribution in [2.24, 2.45) is 0 Å². The van der Waals surface area contributed by atoms with Crippen LogP contribution in [0.2, 0.25) is 0 Å². The molecule has 2 nitrogen and oxygen atoms in total. The molecule has 0 unspecified atom stereocenters. The number of aliphatic carboxylic acids is 1. The lowest BCUT2D eigenvalue weighted by atomic mass is 10.3. The molecule has 0 rings (SSSR count). The van der Waals surface area contributed by atoms with Gasteiger partial charge < -0.3 is 5.11 Å². The molecule has 0 saturated carbocycles. The summed E-state index contributed by atoms with van der Waals surface area (Å²) < 4.78 is 6.67. The van der Waals surface area contributed by atoms with Crippen molar-refractivity contribution in [3.63, 3.8) is 0 Å². The van der Waals surface area contributed by atoms with E-state index >= 15 is 0 Å². The summed E-state index contributed by atoms with van der Waals surface area (Å²) in [7, 11) is 0. The van der Waals surface area contributed by atoms with Gasteiger partial charge in [-0.1, -0.05) is 12.8 Å². The van der Waals surface area contributed by atoms with Crippen LogP contribution in [-0.2, 0) is 4.79 Å². The fourth-order valence-corrected chi connectivity index (χ4v) is 0.227. The minimum absolute atomic E-state index is 0.314. The van der Waals surface area contributed by atoms with Crippen LogP contribution in [0.15, 0.2) is 0 Å². The molecular formula is C6H8O2. The van der Waals surface area contributed by atoms with Crippen LogP contribution in [0.5, 0.6) is 0 Å². The highest BCUT2D eigenvalue weighted by atomic mass is 16.4. The molecule has 44 valence electrons. The summed E-state index contributed by atoms with van der Waals surface area (Å²) in [5, 5.41) is 7.99. The average Bonchev–Trinajstić information content (AvgIpc) is 1.80. The molecule has 0 heterocycles. The molecule has 0 saturated heterocycles. The van der Waals surface area contributed by atoms with Gasteiger partial charge in [-0.15, -0.1) is 0 Å². The van der Waals surface area contributed by atoms with Crippen molar-refractivity contribution < 1.29 is 11.3 Å². The molecule has 0 fully saturated rings. The van der Waals surface area contributed by atoms with E-state index in [4.69, 9.17) is 6.48 Å². The quantitative estimate of drug-likeness (QED) is 0.404. The van der Waals surface area contributed by atoms with Gasteiger partial charge in [-0.25, -0.2) is 4.79 Å². The predicted octanol–water partition coefficient (Wildman–Crippen LogP) is 0.875.